The Morgan fingerprint density at radius 1 is 1.09 bits per heavy atom. The quantitative estimate of drug-likeness (QED) is 0.868. The zero-order chi connectivity index (χ0) is 15.4. The van der Waals surface area contributed by atoms with Crippen LogP contribution in [0, 0.1) is 0 Å². The van der Waals surface area contributed by atoms with E-state index in [2.05, 4.69) is 10.6 Å². The highest BCUT2D eigenvalue weighted by Gasteiger charge is 2.23. The first-order valence-electron chi connectivity index (χ1n) is 7.63. The summed E-state index contributed by atoms with van der Waals surface area (Å²) in [6.07, 6.45) is 3.38. The first-order valence-corrected chi connectivity index (χ1v) is 9.73. The summed E-state index contributed by atoms with van der Waals surface area (Å²) >= 11 is 3.93. The minimum atomic E-state index is -0.193. The van der Waals surface area contributed by atoms with E-state index in [4.69, 9.17) is 0 Å². The van der Waals surface area contributed by atoms with Gasteiger partial charge in [-0.25, -0.2) is 0 Å². The van der Waals surface area contributed by atoms with Crippen molar-refractivity contribution < 1.29 is 9.59 Å². The number of nitrogens with one attached hydrogen (secondary N) is 2. The molecule has 6 heteroatoms. The van der Waals surface area contributed by atoms with Gasteiger partial charge in [-0.2, -0.15) is 0 Å². The molecule has 1 heterocycles. The average molecular weight is 336 g/mol. The highest BCUT2D eigenvalue weighted by Crippen LogP contribution is 2.43. The van der Waals surface area contributed by atoms with Crippen LogP contribution in [0.1, 0.15) is 39.8 Å². The lowest BCUT2D eigenvalue weighted by Crippen LogP contribution is -2.37. The number of carbonyl (C=O) groups excluding carboxylic acids is 2. The third-order valence-electron chi connectivity index (χ3n) is 3.62. The third kappa shape index (κ3) is 4.43. The van der Waals surface area contributed by atoms with Crippen LogP contribution in [0.5, 0.6) is 0 Å². The second-order valence-electron chi connectivity index (χ2n) is 5.57. The molecular weight excluding hydrogens is 316 g/mol. The summed E-state index contributed by atoms with van der Waals surface area (Å²) in [6, 6.07) is 8.07. The number of amides is 2. The Balaban J connectivity index is 1.50. The van der Waals surface area contributed by atoms with Crippen molar-refractivity contribution in [3.8, 4) is 0 Å². The van der Waals surface area contributed by atoms with Crippen LogP contribution in [0.4, 0.5) is 0 Å². The van der Waals surface area contributed by atoms with Gasteiger partial charge in [0.15, 0.2) is 0 Å². The molecule has 2 aliphatic rings. The average Bonchev–Trinajstić information content (AvgIpc) is 3.37. The molecule has 1 aliphatic carbocycles. The molecule has 1 aromatic carbocycles. The van der Waals surface area contributed by atoms with Crippen LogP contribution in [0.15, 0.2) is 24.3 Å². The van der Waals surface area contributed by atoms with Gasteiger partial charge < -0.3 is 10.6 Å². The molecule has 22 heavy (non-hydrogen) atoms. The fourth-order valence-corrected chi connectivity index (χ4v) is 5.14. The van der Waals surface area contributed by atoms with Gasteiger partial charge in [-0.1, -0.05) is 12.1 Å². The Hall–Kier alpha value is -1.14. The molecule has 2 fully saturated rings. The van der Waals surface area contributed by atoms with E-state index in [1.165, 1.54) is 23.5 Å². The number of carbonyl (C=O) groups is 2. The Morgan fingerprint density at radius 3 is 2.41 bits per heavy atom. The zero-order valence-corrected chi connectivity index (χ0v) is 14.0. The second kappa shape index (κ2) is 7.42. The number of thioether (sulfide) groups is 2. The first kappa shape index (κ1) is 15.7. The van der Waals surface area contributed by atoms with Gasteiger partial charge >= 0.3 is 0 Å². The van der Waals surface area contributed by atoms with Gasteiger partial charge in [0.05, 0.1) is 11.1 Å². The lowest BCUT2D eigenvalue weighted by molar-refractivity contribution is -0.120. The molecule has 1 aromatic rings. The zero-order valence-electron chi connectivity index (χ0n) is 12.3. The number of hydrogen-bond acceptors (Lipinski definition) is 4. The van der Waals surface area contributed by atoms with E-state index in [-0.39, 0.29) is 18.4 Å². The number of benzene rings is 1. The van der Waals surface area contributed by atoms with Crippen LogP contribution < -0.4 is 10.6 Å². The van der Waals surface area contributed by atoms with E-state index >= 15 is 0 Å². The molecule has 4 nitrogen and oxygen atoms in total. The highest BCUT2D eigenvalue weighted by atomic mass is 32.2. The molecule has 2 N–H and O–H groups in total. The summed E-state index contributed by atoms with van der Waals surface area (Å²) in [5, 5.41) is 5.52. The van der Waals surface area contributed by atoms with Gasteiger partial charge in [-0.05, 0) is 48.5 Å². The maximum atomic E-state index is 12.0. The summed E-state index contributed by atoms with van der Waals surface area (Å²) < 4.78 is 0.482. The third-order valence-corrected chi connectivity index (χ3v) is 6.64. The molecule has 0 spiro atoms. The van der Waals surface area contributed by atoms with E-state index in [0.29, 0.717) is 16.2 Å². The smallest absolute Gasteiger partial charge is 0.251 e. The molecule has 0 aromatic heterocycles. The van der Waals surface area contributed by atoms with Gasteiger partial charge in [-0.15, -0.1) is 23.5 Å². The number of hydrogen-bond donors (Lipinski definition) is 2. The standard InChI is InChI=1S/C16H20N2O2S2/c19-14(18-13-6-7-13)10-17-15(20)11-2-4-12(5-3-11)16-21-8-1-9-22-16/h2-5,13,16H,1,6-10H2,(H,17,20)(H,18,19). The largest absolute Gasteiger partial charge is 0.352 e. The molecule has 118 valence electrons. The Bertz CT molecular complexity index is 538. The summed E-state index contributed by atoms with van der Waals surface area (Å²) in [5.41, 5.74) is 1.87. The molecule has 2 amide bonds. The van der Waals surface area contributed by atoms with Crippen molar-refractivity contribution in [2.24, 2.45) is 0 Å². The molecule has 1 saturated carbocycles. The highest BCUT2D eigenvalue weighted by molar-refractivity contribution is 8.16. The molecular formula is C16H20N2O2S2. The topological polar surface area (TPSA) is 58.2 Å². The molecule has 0 atom stereocenters. The lowest BCUT2D eigenvalue weighted by Gasteiger charge is -2.21. The SMILES string of the molecule is O=C(CNC(=O)c1ccc(C2SCCCS2)cc1)NC1CC1. The minimum Gasteiger partial charge on any atom is -0.352 e. The van der Waals surface area contributed by atoms with E-state index in [1.807, 2.05) is 47.8 Å². The maximum absolute atomic E-state index is 12.0. The van der Waals surface area contributed by atoms with Crippen LogP contribution in [0.25, 0.3) is 0 Å². The second-order valence-corrected chi connectivity index (χ2v) is 8.30. The summed E-state index contributed by atoms with van der Waals surface area (Å²) in [5.74, 6) is 2.11. The fraction of sp³-hybridized carbons (Fsp3) is 0.500. The van der Waals surface area contributed by atoms with E-state index < -0.39 is 0 Å². The van der Waals surface area contributed by atoms with Gasteiger partial charge in [0.1, 0.15) is 0 Å². The maximum Gasteiger partial charge on any atom is 0.251 e. The molecule has 0 unspecified atom stereocenters. The van der Waals surface area contributed by atoms with Crippen molar-refractivity contribution in [3.63, 3.8) is 0 Å². The van der Waals surface area contributed by atoms with Crippen LogP contribution in [-0.2, 0) is 4.79 Å². The van der Waals surface area contributed by atoms with Crippen molar-refractivity contribution in [1.29, 1.82) is 0 Å². The molecule has 0 radical (unpaired) electrons. The van der Waals surface area contributed by atoms with E-state index in [9.17, 15) is 9.59 Å². The lowest BCUT2D eigenvalue weighted by atomic mass is 10.1. The fourth-order valence-electron chi connectivity index (χ4n) is 2.24. The predicted molar refractivity (Wildman–Crippen MR) is 92.2 cm³/mol. The molecule has 0 bridgehead atoms. The van der Waals surface area contributed by atoms with Crippen molar-refractivity contribution in [3.05, 3.63) is 35.4 Å². The van der Waals surface area contributed by atoms with Gasteiger partial charge in [0.25, 0.3) is 5.91 Å². The van der Waals surface area contributed by atoms with Gasteiger partial charge in [-0.3, -0.25) is 9.59 Å². The molecule has 3 rings (SSSR count). The number of rotatable bonds is 5. The Kier molecular flexibility index (Phi) is 5.31. The minimum absolute atomic E-state index is 0.0470. The van der Waals surface area contributed by atoms with Gasteiger partial charge in [0.2, 0.25) is 5.91 Å². The monoisotopic (exact) mass is 336 g/mol. The molecule has 1 saturated heterocycles. The van der Waals surface area contributed by atoms with Crippen molar-refractivity contribution >= 4 is 35.3 Å². The van der Waals surface area contributed by atoms with Crippen LogP contribution in [0.2, 0.25) is 0 Å². The van der Waals surface area contributed by atoms with E-state index in [0.717, 1.165) is 12.8 Å². The Morgan fingerprint density at radius 2 is 1.77 bits per heavy atom. The summed E-state index contributed by atoms with van der Waals surface area (Å²) in [7, 11) is 0. The van der Waals surface area contributed by atoms with Gasteiger partial charge in [0, 0.05) is 11.6 Å². The summed E-state index contributed by atoms with van der Waals surface area (Å²) in [4.78, 5) is 23.6. The normalized spacial score (nSPS) is 18.7. The van der Waals surface area contributed by atoms with Crippen molar-refractivity contribution in [2.75, 3.05) is 18.1 Å². The van der Waals surface area contributed by atoms with Crippen LogP contribution in [-0.4, -0.2) is 35.9 Å². The van der Waals surface area contributed by atoms with Crippen LogP contribution in [0.3, 0.4) is 0 Å². The predicted octanol–water partition coefficient (Wildman–Crippen LogP) is 2.56. The first-order chi connectivity index (χ1) is 10.7. The molecule has 1 aliphatic heterocycles. The Labute approximate surface area is 139 Å². The summed E-state index contributed by atoms with van der Waals surface area (Å²) in [6.45, 7) is 0.0470. The van der Waals surface area contributed by atoms with Crippen molar-refractivity contribution in [2.45, 2.75) is 29.9 Å². The van der Waals surface area contributed by atoms with E-state index in [1.54, 1.807) is 0 Å². The van der Waals surface area contributed by atoms with Crippen molar-refractivity contribution in [1.82, 2.24) is 10.6 Å². The van der Waals surface area contributed by atoms with Crippen LogP contribution >= 0.6 is 23.5 Å².